The fraction of sp³-hybridized carbons (Fsp3) is 0.417. The van der Waals surface area contributed by atoms with Gasteiger partial charge in [-0.25, -0.2) is 4.98 Å². The first kappa shape index (κ1) is 13.5. The Morgan fingerprint density at radius 2 is 2.33 bits per heavy atom. The van der Waals surface area contributed by atoms with Crippen LogP contribution in [0.2, 0.25) is 0 Å². The van der Waals surface area contributed by atoms with E-state index >= 15 is 0 Å². The number of aryl methyl sites for hydroxylation is 1. The summed E-state index contributed by atoms with van der Waals surface area (Å²) in [5, 5.41) is 8.81. The monoisotopic (exact) mass is 280 g/mol. The van der Waals surface area contributed by atoms with Crippen LogP contribution in [0.4, 0.5) is 0 Å². The van der Waals surface area contributed by atoms with Gasteiger partial charge in [-0.2, -0.15) is 0 Å². The molecule has 2 N–H and O–H groups in total. The van der Waals surface area contributed by atoms with Gasteiger partial charge in [0.15, 0.2) is 4.34 Å². The van der Waals surface area contributed by atoms with Crippen LogP contribution in [-0.2, 0) is 6.42 Å². The van der Waals surface area contributed by atoms with Gasteiger partial charge in [0, 0.05) is 12.2 Å². The molecule has 2 aromatic heterocycles. The molecule has 0 aliphatic carbocycles. The van der Waals surface area contributed by atoms with Crippen molar-refractivity contribution in [3.05, 3.63) is 28.9 Å². The predicted molar refractivity (Wildman–Crippen MR) is 75.0 cm³/mol. The molecule has 6 heteroatoms. The molecule has 0 spiro atoms. The predicted octanol–water partition coefficient (Wildman–Crippen LogP) is 2.67. The van der Waals surface area contributed by atoms with E-state index in [9.17, 15) is 0 Å². The summed E-state index contributed by atoms with van der Waals surface area (Å²) in [6, 6.07) is 2.37. The lowest BCUT2D eigenvalue weighted by Gasteiger charge is -2.10. The summed E-state index contributed by atoms with van der Waals surface area (Å²) in [5.74, 6) is 0. The smallest absolute Gasteiger partial charge is 0.180 e. The van der Waals surface area contributed by atoms with Crippen molar-refractivity contribution in [3.63, 3.8) is 0 Å². The number of aromatic nitrogens is 3. The zero-order chi connectivity index (χ0) is 13.0. The second-order valence-corrected chi connectivity index (χ2v) is 6.21. The molecule has 2 rings (SSSR count). The molecule has 18 heavy (non-hydrogen) atoms. The highest BCUT2D eigenvalue weighted by molar-refractivity contribution is 8.01. The molecule has 0 saturated heterocycles. The van der Waals surface area contributed by atoms with Crippen molar-refractivity contribution >= 4 is 23.1 Å². The molecule has 1 atom stereocenters. The van der Waals surface area contributed by atoms with Crippen LogP contribution in [0.5, 0.6) is 0 Å². The van der Waals surface area contributed by atoms with Gasteiger partial charge in [-0.1, -0.05) is 24.3 Å². The van der Waals surface area contributed by atoms with Gasteiger partial charge in [-0.15, -0.1) is 10.2 Å². The van der Waals surface area contributed by atoms with Crippen molar-refractivity contribution in [2.75, 3.05) is 0 Å². The van der Waals surface area contributed by atoms with Gasteiger partial charge >= 0.3 is 0 Å². The maximum Gasteiger partial charge on any atom is 0.180 e. The molecular formula is C12H16N4S2. The molecule has 2 aromatic rings. The van der Waals surface area contributed by atoms with Gasteiger partial charge in [-0.05, 0) is 42.7 Å². The molecule has 0 aromatic carbocycles. The molecule has 1 unspecified atom stereocenters. The molecule has 0 aliphatic rings. The van der Waals surface area contributed by atoms with Gasteiger partial charge in [0.1, 0.15) is 10.5 Å². The summed E-state index contributed by atoms with van der Waals surface area (Å²) >= 11 is 3.08. The quantitative estimate of drug-likeness (QED) is 0.912. The maximum absolute atomic E-state index is 5.95. The van der Waals surface area contributed by atoms with Crippen molar-refractivity contribution in [2.24, 2.45) is 5.73 Å². The van der Waals surface area contributed by atoms with Gasteiger partial charge in [0.2, 0.25) is 0 Å². The van der Waals surface area contributed by atoms with Crippen LogP contribution < -0.4 is 5.73 Å². The summed E-state index contributed by atoms with van der Waals surface area (Å²) < 4.78 is 0.920. The van der Waals surface area contributed by atoms with Crippen LogP contribution in [0.1, 0.15) is 24.5 Å². The van der Waals surface area contributed by atoms with Crippen LogP contribution >= 0.6 is 23.1 Å². The molecule has 0 bridgehead atoms. The van der Waals surface area contributed by atoms with E-state index in [1.54, 1.807) is 17.3 Å². The van der Waals surface area contributed by atoms with E-state index in [2.05, 4.69) is 35.1 Å². The van der Waals surface area contributed by atoms with Gasteiger partial charge in [0.05, 0.1) is 0 Å². The first-order valence-electron chi connectivity index (χ1n) is 5.84. The fourth-order valence-electron chi connectivity index (χ4n) is 1.58. The van der Waals surface area contributed by atoms with E-state index in [0.717, 1.165) is 27.8 Å². The molecule has 96 valence electrons. The Kier molecular flexibility index (Phi) is 4.68. The van der Waals surface area contributed by atoms with E-state index in [4.69, 9.17) is 5.73 Å². The Morgan fingerprint density at radius 1 is 1.50 bits per heavy atom. The van der Waals surface area contributed by atoms with Crippen molar-refractivity contribution in [2.45, 2.75) is 42.1 Å². The number of pyridine rings is 1. The third-order valence-electron chi connectivity index (χ3n) is 2.63. The second-order valence-electron chi connectivity index (χ2n) is 4.14. The number of hydrogen-bond donors (Lipinski definition) is 1. The SMILES string of the molecule is CCC(N)Cc1cnc(Sc2nncs2)c(C)c1. The first-order chi connectivity index (χ1) is 8.69. The number of hydrogen-bond acceptors (Lipinski definition) is 6. The standard InChI is InChI=1S/C12H16N4S2/c1-3-10(13)5-9-4-8(2)11(14-6-9)18-12-16-15-7-17-12/h4,6-7,10H,3,5,13H2,1-2H3. The second kappa shape index (κ2) is 6.26. The Bertz CT molecular complexity index is 499. The van der Waals surface area contributed by atoms with E-state index in [1.165, 1.54) is 16.9 Å². The van der Waals surface area contributed by atoms with E-state index in [-0.39, 0.29) is 6.04 Å². The van der Waals surface area contributed by atoms with E-state index in [0.29, 0.717) is 0 Å². The highest BCUT2D eigenvalue weighted by Gasteiger charge is 2.08. The average Bonchev–Trinajstić information content (AvgIpc) is 2.85. The Labute approximate surface area is 115 Å². The lowest BCUT2D eigenvalue weighted by Crippen LogP contribution is -2.21. The fourth-order valence-corrected chi connectivity index (χ4v) is 2.99. The number of nitrogens with zero attached hydrogens (tertiary/aromatic N) is 3. The Hall–Kier alpha value is -0.980. The summed E-state index contributed by atoms with van der Waals surface area (Å²) in [7, 11) is 0. The van der Waals surface area contributed by atoms with Crippen molar-refractivity contribution < 1.29 is 0 Å². The molecule has 0 radical (unpaired) electrons. The maximum atomic E-state index is 5.95. The molecule has 0 aliphatic heterocycles. The van der Waals surface area contributed by atoms with Crippen molar-refractivity contribution in [1.82, 2.24) is 15.2 Å². The van der Waals surface area contributed by atoms with E-state index < -0.39 is 0 Å². The summed E-state index contributed by atoms with van der Waals surface area (Å²) in [6.07, 6.45) is 3.78. The highest BCUT2D eigenvalue weighted by Crippen LogP contribution is 2.29. The van der Waals surface area contributed by atoms with Crippen LogP contribution in [0.15, 0.2) is 27.1 Å². The molecule has 2 heterocycles. The van der Waals surface area contributed by atoms with Crippen molar-refractivity contribution in [3.8, 4) is 0 Å². The molecule has 0 saturated carbocycles. The third kappa shape index (κ3) is 3.51. The van der Waals surface area contributed by atoms with Crippen LogP contribution in [0.25, 0.3) is 0 Å². The van der Waals surface area contributed by atoms with E-state index in [1.807, 2.05) is 6.20 Å². The molecule has 0 fully saturated rings. The zero-order valence-electron chi connectivity index (χ0n) is 10.5. The number of rotatable bonds is 5. The van der Waals surface area contributed by atoms with Crippen LogP contribution in [0, 0.1) is 6.92 Å². The Balaban J connectivity index is 2.10. The summed E-state index contributed by atoms with van der Waals surface area (Å²) in [5.41, 5.74) is 10.0. The largest absolute Gasteiger partial charge is 0.327 e. The lowest BCUT2D eigenvalue weighted by atomic mass is 10.1. The van der Waals surface area contributed by atoms with Gasteiger partial charge in [-0.3, -0.25) is 0 Å². The minimum absolute atomic E-state index is 0.216. The Morgan fingerprint density at radius 3 is 2.94 bits per heavy atom. The minimum Gasteiger partial charge on any atom is -0.327 e. The van der Waals surface area contributed by atoms with Crippen LogP contribution in [0.3, 0.4) is 0 Å². The normalized spacial score (nSPS) is 12.6. The summed E-state index contributed by atoms with van der Waals surface area (Å²) in [4.78, 5) is 4.49. The van der Waals surface area contributed by atoms with Gasteiger partial charge < -0.3 is 5.73 Å². The van der Waals surface area contributed by atoms with Crippen LogP contribution in [-0.4, -0.2) is 21.2 Å². The lowest BCUT2D eigenvalue weighted by molar-refractivity contribution is 0.644. The summed E-state index contributed by atoms with van der Waals surface area (Å²) in [6.45, 7) is 4.17. The highest BCUT2D eigenvalue weighted by atomic mass is 32.2. The number of nitrogens with two attached hydrogens (primary N) is 1. The molecule has 0 amide bonds. The average molecular weight is 280 g/mol. The topological polar surface area (TPSA) is 64.7 Å². The third-order valence-corrected chi connectivity index (χ3v) is 4.53. The first-order valence-corrected chi connectivity index (χ1v) is 7.53. The molecular weight excluding hydrogens is 264 g/mol. The van der Waals surface area contributed by atoms with Crippen molar-refractivity contribution in [1.29, 1.82) is 0 Å². The molecule has 4 nitrogen and oxygen atoms in total. The van der Waals surface area contributed by atoms with Gasteiger partial charge in [0.25, 0.3) is 0 Å². The zero-order valence-corrected chi connectivity index (χ0v) is 12.1. The minimum atomic E-state index is 0.216.